The number of fused-ring (bicyclic) bond motifs is 2. The summed E-state index contributed by atoms with van der Waals surface area (Å²) in [5, 5.41) is 3.15. The predicted octanol–water partition coefficient (Wildman–Crippen LogP) is 6.15. The van der Waals surface area contributed by atoms with Crippen LogP contribution in [0, 0.1) is 12.8 Å². The molecule has 0 spiro atoms. The van der Waals surface area contributed by atoms with Crippen LogP contribution in [0.25, 0.3) is 0 Å². The molecule has 0 bridgehead atoms. The van der Waals surface area contributed by atoms with E-state index in [0.29, 0.717) is 26.3 Å². The Morgan fingerprint density at radius 2 is 1.57 bits per heavy atom. The number of hydrogen-bond donors (Lipinski definition) is 1. The molecule has 1 saturated heterocycles. The van der Waals surface area contributed by atoms with Gasteiger partial charge < -0.3 is 10.2 Å². The summed E-state index contributed by atoms with van der Waals surface area (Å²) in [7, 11) is 0. The summed E-state index contributed by atoms with van der Waals surface area (Å²) in [6.45, 7) is 7.64. The smallest absolute Gasteiger partial charge is 0.308 e. The van der Waals surface area contributed by atoms with Gasteiger partial charge in [-0.2, -0.15) is 0 Å². The van der Waals surface area contributed by atoms with E-state index in [0.717, 1.165) is 41.2 Å². The Bertz CT molecular complexity index is 1780. The number of nitrogens with zero attached hydrogens (tertiary/aromatic N) is 3. The molecule has 3 atom stereocenters. The molecule has 4 aromatic rings. The number of aromatic nitrogens is 1. The third-order valence-electron chi connectivity index (χ3n) is 8.15. The fourth-order valence-electron chi connectivity index (χ4n) is 5.92. The van der Waals surface area contributed by atoms with Crippen molar-refractivity contribution in [2.75, 3.05) is 28.2 Å². The molecule has 1 aromatic heterocycles. The maximum atomic E-state index is 14.1. The SMILES string of the molecule is CCN(CC)c1ccc([C@H]2c3sc(=O)n(CC(=O)Nc4ccc(C)cc4)c3SC3C(=O)N(c4ccc(Cl)cc4)C(=O)C32)cc1. The van der Waals surface area contributed by atoms with Crippen LogP contribution in [-0.2, 0) is 20.9 Å². The van der Waals surface area contributed by atoms with Crippen molar-refractivity contribution in [2.24, 2.45) is 5.92 Å². The molecule has 1 fully saturated rings. The van der Waals surface area contributed by atoms with Crippen molar-refractivity contribution in [3.8, 4) is 0 Å². The molecule has 3 amide bonds. The summed E-state index contributed by atoms with van der Waals surface area (Å²) in [6.07, 6.45) is 0. The fraction of sp³-hybridized carbons (Fsp3) is 0.273. The van der Waals surface area contributed by atoms with E-state index in [2.05, 4.69) is 24.1 Å². The van der Waals surface area contributed by atoms with E-state index in [1.807, 2.05) is 55.5 Å². The first-order chi connectivity index (χ1) is 21.2. The van der Waals surface area contributed by atoms with Crippen LogP contribution in [0.3, 0.4) is 0 Å². The van der Waals surface area contributed by atoms with Gasteiger partial charge >= 0.3 is 4.87 Å². The number of nitrogens with one attached hydrogen (secondary N) is 1. The maximum Gasteiger partial charge on any atom is 0.308 e. The van der Waals surface area contributed by atoms with Crippen LogP contribution in [0.1, 0.15) is 35.8 Å². The molecule has 2 unspecified atom stereocenters. The molecule has 0 radical (unpaired) electrons. The third kappa shape index (κ3) is 5.46. The zero-order chi connectivity index (χ0) is 31.1. The van der Waals surface area contributed by atoms with E-state index in [9.17, 15) is 19.2 Å². The number of rotatable bonds is 8. The molecule has 0 aliphatic carbocycles. The maximum absolute atomic E-state index is 14.1. The number of carbonyl (C=O) groups is 3. The van der Waals surface area contributed by atoms with Crippen LogP contribution in [0.2, 0.25) is 5.02 Å². The van der Waals surface area contributed by atoms with Gasteiger partial charge in [0.05, 0.1) is 16.6 Å². The highest BCUT2D eigenvalue weighted by Gasteiger charge is 2.56. The van der Waals surface area contributed by atoms with Gasteiger partial charge in [0, 0.05) is 40.3 Å². The van der Waals surface area contributed by atoms with Crippen molar-refractivity contribution in [2.45, 2.75) is 43.5 Å². The number of hydrogen-bond acceptors (Lipinski definition) is 7. The first kappa shape index (κ1) is 30.2. The molecular weight excluding hydrogens is 616 g/mol. The number of amides is 3. The number of anilines is 3. The molecule has 3 aromatic carbocycles. The average Bonchev–Trinajstić information content (AvgIpc) is 3.46. The van der Waals surface area contributed by atoms with Crippen molar-refractivity contribution >= 4 is 69.5 Å². The number of aryl methyl sites for hydroxylation is 1. The molecule has 44 heavy (non-hydrogen) atoms. The van der Waals surface area contributed by atoms with Gasteiger partial charge in [-0.05, 0) is 74.9 Å². The average molecular weight is 647 g/mol. The van der Waals surface area contributed by atoms with Gasteiger partial charge in [-0.15, -0.1) is 0 Å². The summed E-state index contributed by atoms with van der Waals surface area (Å²) in [6, 6.07) is 22.0. The fourth-order valence-corrected chi connectivity index (χ4v) is 8.82. The van der Waals surface area contributed by atoms with Gasteiger partial charge in [-0.1, -0.05) is 64.5 Å². The molecule has 2 aliphatic rings. The number of thioether (sulfide) groups is 1. The number of thiazole rings is 1. The minimum Gasteiger partial charge on any atom is -0.372 e. The van der Waals surface area contributed by atoms with Crippen LogP contribution in [0.5, 0.6) is 0 Å². The lowest BCUT2D eigenvalue weighted by atomic mass is 9.83. The molecule has 226 valence electrons. The quantitative estimate of drug-likeness (QED) is 0.231. The highest BCUT2D eigenvalue weighted by atomic mass is 35.5. The summed E-state index contributed by atoms with van der Waals surface area (Å²) in [5.74, 6) is -2.27. The lowest BCUT2D eigenvalue weighted by molar-refractivity contribution is -0.122. The van der Waals surface area contributed by atoms with Crippen molar-refractivity contribution in [3.05, 3.63) is 103 Å². The van der Waals surface area contributed by atoms with E-state index in [1.165, 1.54) is 21.2 Å². The highest BCUT2D eigenvalue weighted by Crippen LogP contribution is 2.54. The lowest BCUT2D eigenvalue weighted by Gasteiger charge is -2.31. The zero-order valence-electron chi connectivity index (χ0n) is 24.5. The lowest BCUT2D eigenvalue weighted by Crippen LogP contribution is -2.33. The second-order valence-electron chi connectivity index (χ2n) is 10.8. The number of benzene rings is 3. The van der Waals surface area contributed by atoms with E-state index in [4.69, 9.17) is 11.6 Å². The standard InChI is InChI=1S/C33H31ClN4O4S2/c1-4-36(5-2)23-14-8-20(9-15-23)26-27-28(31(41)38(30(27)40)24-16-10-21(34)11-17-24)43-32-29(26)44-33(42)37(32)18-25(39)35-22-12-6-19(3)7-13-22/h6-17,26-28H,4-5,18H2,1-3H3,(H,35,39)/t26-,27?,28?/m1/s1. The van der Waals surface area contributed by atoms with E-state index < -0.39 is 17.1 Å². The van der Waals surface area contributed by atoms with Crippen molar-refractivity contribution < 1.29 is 14.4 Å². The number of imide groups is 1. The van der Waals surface area contributed by atoms with E-state index >= 15 is 0 Å². The minimum atomic E-state index is -0.765. The molecule has 11 heteroatoms. The van der Waals surface area contributed by atoms with Crippen LogP contribution in [0.4, 0.5) is 17.1 Å². The molecule has 1 N–H and O–H groups in total. The second-order valence-corrected chi connectivity index (χ2v) is 13.4. The summed E-state index contributed by atoms with van der Waals surface area (Å²) in [4.78, 5) is 58.4. The van der Waals surface area contributed by atoms with Gasteiger partial charge in [-0.25, -0.2) is 4.90 Å². The molecule has 6 rings (SSSR count). The Morgan fingerprint density at radius 1 is 0.909 bits per heavy atom. The first-order valence-corrected chi connectivity index (χ1v) is 16.5. The normalized spacial score (nSPS) is 19.1. The van der Waals surface area contributed by atoms with Gasteiger partial charge in [-0.3, -0.25) is 23.7 Å². The third-order valence-corrected chi connectivity index (χ3v) is 11.0. The van der Waals surface area contributed by atoms with Gasteiger partial charge in [0.15, 0.2) is 0 Å². The highest BCUT2D eigenvalue weighted by molar-refractivity contribution is 8.00. The Balaban J connectivity index is 1.41. The van der Waals surface area contributed by atoms with E-state index in [1.54, 1.807) is 24.3 Å². The van der Waals surface area contributed by atoms with Gasteiger partial charge in [0.25, 0.3) is 0 Å². The Hall–Kier alpha value is -3.86. The summed E-state index contributed by atoms with van der Waals surface area (Å²) >= 11 is 8.33. The largest absolute Gasteiger partial charge is 0.372 e. The molecular formula is C33H31ClN4O4S2. The number of carbonyl (C=O) groups excluding carboxylic acids is 3. The zero-order valence-corrected chi connectivity index (χ0v) is 26.8. The van der Waals surface area contributed by atoms with Gasteiger partial charge in [0.1, 0.15) is 11.8 Å². The van der Waals surface area contributed by atoms with E-state index in [-0.39, 0.29) is 29.1 Å². The van der Waals surface area contributed by atoms with Crippen molar-refractivity contribution in [1.29, 1.82) is 0 Å². The van der Waals surface area contributed by atoms with Gasteiger partial charge in [0.2, 0.25) is 17.7 Å². The molecule has 3 heterocycles. The monoisotopic (exact) mass is 646 g/mol. The van der Waals surface area contributed by atoms with Crippen molar-refractivity contribution in [1.82, 2.24) is 4.57 Å². The molecule has 2 aliphatic heterocycles. The van der Waals surface area contributed by atoms with Crippen LogP contribution in [-0.4, -0.2) is 40.6 Å². The Labute approximate surface area is 268 Å². The predicted molar refractivity (Wildman–Crippen MR) is 177 cm³/mol. The Kier molecular flexibility index (Phi) is 8.41. The van der Waals surface area contributed by atoms with Crippen molar-refractivity contribution in [3.63, 3.8) is 0 Å². The number of halogens is 1. The first-order valence-electron chi connectivity index (χ1n) is 14.4. The van der Waals surface area contributed by atoms with Crippen LogP contribution in [0.15, 0.2) is 82.6 Å². The summed E-state index contributed by atoms with van der Waals surface area (Å²) in [5.41, 5.74) is 4.04. The molecule has 8 nitrogen and oxygen atoms in total. The topological polar surface area (TPSA) is 91.7 Å². The van der Waals surface area contributed by atoms with Crippen LogP contribution < -0.4 is 20.0 Å². The summed E-state index contributed by atoms with van der Waals surface area (Å²) < 4.78 is 1.43. The molecule has 0 saturated carbocycles. The second kappa shape index (κ2) is 12.3. The minimum absolute atomic E-state index is 0.209. The Morgan fingerprint density at radius 3 is 2.20 bits per heavy atom. The van der Waals surface area contributed by atoms with Crippen LogP contribution >= 0.6 is 34.7 Å².